The third-order valence-electron chi connectivity index (χ3n) is 1.68. The molecular formula is C10H11NO2. The summed E-state index contributed by atoms with van der Waals surface area (Å²) in [6.07, 6.45) is 1.50. The maximum absolute atomic E-state index is 11.4. The number of rotatable bonds is 3. The van der Waals surface area contributed by atoms with E-state index in [9.17, 15) is 9.59 Å². The van der Waals surface area contributed by atoms with Crippen LogP contribution in [0.2, 0.25) is 0 Å². The monoisotopic (exact) mass is 177 g/mol. The van der Waals surface area contributed by atoms with Crippen molar-refractivity contribution in [3.63, 3.8) is 0 Å². The minimum Gasteiger partial charge on any atom is -0.300 e. The van der Waals surface area contributed by atoms with E-state index < -0.39 is 0 Å². The Morgan fingerprint density at radius 2 is 2.15 bits per heavy atom. The van der Waals surface area contributed by atoms with Crippen LogP contribution in [0.4, 0.5) is 0 Å². The Bertz CT molecular complexity index is 345. The molecule has 0 aromatic carbocycles. The molecule has 68 valence electrons. The topological polar surface area (TPSA) is 47.0 Å². The van der Waals surface area contributed by atoms with Gasteiger partial charge >= 0.3 is 0 Å². The van der Waals surface area contributed by atoms with E-state index in [1.807, 2.05) is 0 Å². The third-order valence-corrected chi connectivity index (χ3v) is 1.68. The first-order chi connectivity index (χ1) is 6.11. The van der Waals surface area contributed by atoms with Crippen molar-refractivity contribution >= 4 is 11.6 Å². The molecular weight excluding hydrogens is 166 g/mol. The second kappa shape index (κ2) is 3.94. The lowest BCUT2D eigenvalue weighted by Gasteiger charge is -2.00. The molecule has 0 aliphatic rings. The quantitative estimate of drug-likeness (QED) is 0.520. The van der Waals surface area contributed by atoms with Crippen molar-refractivity contribution in [3.05, 3.63) is 29.6 Å². The van der Waals surface area contributed by atoms with Gasteiger partial charge in [0.1, 0.15) is 11.5 Å². The zero-order valence-corrected chi connectivity index (χ0v) is 7.70. The van der Waals surface area contributed by atoms with E-state index in [1.165, 1.54) is 6.92 Å². The summed E-state index contributed by atoms with van der Waals surface area (Å²) in [6.45, 7) is 3.20. The Kier molecular flexibility index (Phi) is 2.90. The van der Waals surface area contributed by atoms with Gasteiger partial charge in [-0.25, -0.2) is 0 Å². The number of ketones is 2. The largest absolute Gasteiger partial charge is 0.300 e. The Labute approximate surface area is 76.8 Å². The number of hydrogen-bond donors (Lipinski definition) is 0. The van der Waals surface area contributed by atoms with Crippen molar-refractivity contribution in [1.29, 1.82) is 0 Å². The summed E-state index contributed by atoms with van der Waals surface area (Å²) in [5, 5.41) is 0. The van der Waals surface area contributed by atoms with Gasteiger partial charge in [0, 0.05) is 6.20 Å². The van der Waals surface area contributed by atoms with Gasteiger partial charge in [-0.15, -0.1) is 0 Å². The number of nitrogens with zero attached hydrogens (tertiary/aromatic N) is 1. The average Bonchev–Trinajstić information content (AvgIpc) is 2.03. The predicted molar refractivity (Wildman–Crippen MR) is 48.6 cm³/mol. The second-order valence-electron chi connectivity index (χ2n) is 2.97. The maximum Gasteiger partial charge on any atom is 0.188 e. The van der Waals surface area contributed by atoms with Gasteiger partial charge in [-0.05, 0) is 25.5 Å². The third kappa shape index (κ3) is 2.47. The summed E-state index contributed by atoms with van der Waals surface area (Å²) in [4.78, 5) is 26.0. The number of aryl methyl sites for hydroxylation is 1. The van der Waals surface area contributed by atoms with Gasteiger partial charge in [0.05, 0.1) is 6.42 Å². The van der Waals surface area contributed by atoms with Gasteiger partial charge in [0.2, 0.25) is 0 Å². The van der Waals surface area contributed by atoms with Crippen LogP contribution >= 0.6 is 0 Å². The predicted octanol–water partition coefficient (Wildman–Crippen LogP) is 1.55. The highest BCUT2D eigenvalue weighted by Crippen LogP contribution is 2.06. The highest BCUT2D eigenvalue weighted by atomic mass is 16.1. The molecule has 3 nitrogen and oxygen atoms in total. The Balaban J connectivity index is 2.89. The molecule has 3 heteroatoms. The number of aromatic nitrogens is 1. The number of Topliss-reactive ketones (excluding diaryl/α,β-unsaturated/α-hetero) is 2. The van der Waals surface area contributed by atoms with Gasteiger partial charge in [0.25, 0.3) is 0 Å². The molecule has 0 aliphatic carbocycles. The Morgan fingerprint density at radius 1 is 1.46 bits per heavy atom. The number of hydrogen-bond acceptors (Lipinski definition) is 3. The van der Waals surface area contributed by atoms with E-state index in [2.05, 4.69) is 4.98 Å². The van der Waals surface area contributed by atoms with Crippen LogP contribution in [0.25, 0.3) is 0 Å². The van der Waals surface area contributed by atoms with Crippen LogP contribution in [0.1, 0.15) is 29.4 Å². The molecule has 0 bridgehead atoms. The lowest BCUT2D eigenvalue weighted by molar-refractivity contribution is -0.116. The Hall–Kier alpha value is -1.51. The zero-order valence-electron chi connectivity index (χ0n) is 7.70. The van der Waals surface area contributed by atoms with E-state index in [1.54, 1.807) is 25.3 Å². The fourth-order valence-corrected chi connectivity index (χ4v) is 1.09. The van der Waals surface area contributed by atoms with Gasteiger partial charge < -0.3 is 0 Å². The van der Waals surface area contributed by atoms with E-state index in [-0.39, 0.29) is 18.0 Å². The summed E-state index contributed by atoms with van der Waals surface area (Å²) in [6, 6.07) is 3.57. The van der Waals surface area contributed by atoms with Crippen LogP contribution in [0, 0.1) is 6.92 Å². The van der Waals surface area contributed by atoms with Crippen molar-refractivity contribution in [2.45, 2.75) is 20.3 Å². The lowest BCUT2D eigenvalue weighted by Crippen LogP contribution is -2.08. The molecule has 1 aromatic heterocycles. The fourth-order valence-electron chi connectivity index (χ4n) is 1.09. The van der Waals surface area contributed by atoms with Crippen LogP contribution in [0.5, 0.6) is 0 Å². The van der Waals surface area contributed by atoms with Crippen LogP contribution in [0.15, 0.2) is 18.3 Å². The summed E-state index contributed by atoms with van der Waals surface area (Å²) in [7, 11) is 0. The fraction of sp³-hybridized carbons (Fsp3) is 0.300. The number of carbonyl (C=O) groups is 2. The molecule has 0 radical (unpaired) electrons. The van der Waals surface area contributed by atoms with Crippen LogP contribution in [0.3, 0.4) is 0 Å². The van der Waals surface area contributed by atoms with E-state index in [0.717, 1.165) is 5.56 Å². The molecule has 1 aromatic rings. The van der Waals surface area contributed by atoms with Gasteiger partial charge in [-0.3, -0.25) is 14.6 Å². The van der Waals surface area contributed by atoms with Crippen LogP contribution < -0.4 is 0 Å². The molecule has 0 unspecified atom stereocenters. The first kappa shape index (κ1) is 9.58. The first-order valence-electron chi connectivity index (χ1n) is 4.05. The zero-order chi connectivity index (χ0) is 9.84. The number of pyridine rings is 1. The van der Waals surface area contributed by atoms with Crippen molar-refractivity contribution < 1.29 is 9.59 Å². The first-order valence-corrected chi connectivity index (χ1v) is 4.05. The van der Waals surface area contributed by atoms with Gasteiger partial charge in [-0.2, -0.15) is 0 Å². The molecule has 1 rings (SSSR count). The SMILES string of the molecule is CC(=O)CC(=O)c1ncccc1C. The minimum atomic E-state index is -0.203. The molecule has 0 fully saturated rings. The highest BCUT2D eigenvalue weighted by molar-refractivity contribution is 6.06. The number of carbonyl (C=O) groups excluding carboxylic acids is 2. The molecule has 0 aliphatic heterocycles. The minimum absolute atomic E-state index is 0.0577. The van der Waals surface area contributed by atoms with Crippen molar-refractivity contribution in [2.75, 3.05) is 0 Å². The molecule has 0 amide bonds. The second-order valence-corrected chi connectivity index (χ2v) is 2.97. The van der Waals surface area contributed by atoms with Gasteiger partial charge in [0.15, 0.2) is 5.78 Å². The maximum atomic E-state index is 11.4. The summed E-state index contributed by atoms with van der Waals surface area (Å²) >= 11 is 0. The van der Waals surface area contributed by atoms with Crippen molar-refractivity contribution in [1.82, 2.24) is 4.98 Å². The summed E-state index contributed by atoms with van der Waals surface area (Å²) in [5.41, 5.74) is 1.21. The average molecular weight is 177 g/mol. The van der Waals surface area contributed by atoms with E-state index in [4.69, 9.17) is 0 Å². The normalized spacial score (nSPS) is 9.69. The molecule has 1 heterocycles. The lowest BCUT2D eigenvalue weighted by atomic mass is 10.1. The van der Waals surface area contributed by atoms with Crippen LogP contribution in [-0.4, -0.2) is 16.6 Å². The molecule has 0 saturated carbocycles. The smallest absolute Gasteiger partial charge is 0.188 e. The molecule has 0 spiro atoms. The molecule has 13 heavy (non-hydrogen) atoms. The van der Waals surface area contributed by atoms with E-state index >= 15 is 0 Å². The Morgan fingerprint density at radius 3 is 2.69 bits per heavy atom. The molecule has 0 N–H and O–H groups in total. The molecule has 0 saturated heterocycles. The van der Waals surface area contributed by atoms with Crippen LogP contribution in [-0.2, 0) is 4.79 Å². The summed E-state index contributed by atoms with van der Waals surface area (Å²) in [5.74, 6) is -0.333. The highest BCUT2D eigenvalue weighted by Gasteiger charge is 2.11. The summed E-state index contributed by atoms with van der Waals surface area (Å²) < 4.78 is 0. The molecule has 0 atom stereocenters. The standard InChI is InChI=1S/C10H11NO2/c1-7-4-3-5-11-10(7)9(13)6-8(2)12/h3-5H,6H2,1-2H3. The van der Waals surface area contributed by atoms with Crippen molar-refractivity contribution in [2.24, 2.45) is 0 Å². The van der Waals surface area contributed by atoms with E-state index in [0.29, 0.717) is 5.69 Å². The van der Waals surface area contributed by atoms with Crippen molar-refractivity contribution in [3.8, 4) is 0 Å². The van der Waals surface area contributed by atoms with Gasteiger partial charge in [-0.1, -0.05) is 6.07 Å².